The molecule has 1 N–H and O–H groups in total. The molecular formula is C30H31N9O2. The highest BCUT2D eigenvalue weighted by Gasteiger charge is 2.19. The van der Waals surface area contributed by atoms with E-state index in [9.17, 15) is 9.59 Å². The number of piperazine rings is 1. The molecule has 0 saturated carbocycles. The van der Waals surface area contributed by atoms with Gasteiger partial charge in [0, 0.05) is 56.0 Å². The standard InChI is InChI=1S/C30H31N9O2/c1-4-13-38-29(41)24-20-31-30(32-22-8-10-23(11-9-22)36-17-15-35(3)16-18-36)34-28(24)39(38)26-7-5-6-25(33-26)37-14-12-21(2)19-27(37)40/h4-12,14,19-20H,1,13,15-18H2,2-3H3,(H,31,32,34). The van der Waals surface area contributed by atoms with Gasteiger partial charge in [-0.2, -0.15) is 4.98 Å². The van der Waals surface area contributed by atoms with E-state index in [1.165, 1.54) is 21.1 Å². The summed E-state index contributed by atoms with van der Waals surface area (Å²) in [7, 11) is 2.14. The number of aryl methyl sites for hydroxylation is 1. The molecule has 0 aliphatic carbocycles. The molecule has 0 radical (unpaired) electrons. The van der Waals surface area contributed by atoms with Crippen LogP contribution in [0.15, 0.2) is 89.2 Å². The van der Waals surface area contributed by atoms with Crippen LogP contribution >= 0.6 is 0 Å². The lowest BCUT2D eigenvalue weighted by atomic mass is 10.2. The van der Waals surface area contributed by atoms with E-state index < -0.39 is 0 Å². The van der Waals surface area contributed by atoms with E-state index in [-0.39, 0.29) is 17.7 Å². The Morgan fingerprint density at radius 2 is 1.73 bits per heavy atom. The number of fused-ring (bicyclic) bond motifs is 1. The van der Waals surface area contributed by atoms with E-state index in [0.717, 1.165) is 37.4 Å². The molecule has 11 heteroatoms. The van der Waals surface area contributed by atoms with E-state index in [1.54, 1.807) is 41.2 Å². The first-order valence-corrected chi connectivity index (χ1v) is 13.5. The van der Waals surface area contributed by atoms with E-state index in [4.69, 9.17) is 9.97 Å². The average Bonchev–Trinajstić information content (AvgIpc) is 3.24. The largest absolute Gasteiger partial charge is 0.369 e. The number of nitrogens with zero attached hydrogens (tertiary/aromatic N) is 8. The zero-order valence-corrected chi connectivity index (χ0v) is 23.1. The highest BCUT2D eigenvalue weighted by atomic mass is 16.1. The summed E-state index contributed by atoms with van der Waals surface area (Å²) < 4.78 is 4.61. The molecule has 6 rings (SSSR count). The second-order valence-corrected chi connectivity index (χ2v) is 10.1. The number of nitrogens with one attached hydrogen (secondary N) is 1. The lowest BCUT2D eigenvalue weighted by Gasteiger charge is -2.34. The summed E-state index contributed by atoms with van der Waals surface area (Å²) in [5.74, 6) is 1.21. The molecular weight excluding hydrogens is 518 g/mol. The van der Waals surface area contributed by atoms with Crippen molar-refractivity contribution in [3.63, 3.8) is 0 Å². The molecule has 5 aromatic rings. The third-order valence-electron chi connectivity index (χ3n) is 7.23. The molecule has 0 amide bonds. The van der Waals surface area contributed by atoms with Crippen LogP contribution in [0.25, 0.3) is 22.7 Å². The Hall–Kier alpha value is -5.03. The van der Waals surface area contributed by atoms with Crippen molar-refractivity contribution in [1.29, 1.82) is 0 Å². The minimum atomic E-state index is -0.261. The molecule has 0 spiro atoms. The Kier molecular flexibility index (Phi) is 6.94. The van der Waals surface area contributed by atoms with Gasteiger partial charge in [-0.05, 0) is 62.0 Å². The topological polar surface area (TPSA) is 106 Å². The summed E-state index contributed by atoms with van der Waals surface area (Å²) in [6.07, 6.45) is 4.85. The molecule has 4 aromatic heterocycles. The van der Waals surface area contributed by atoms with Gasteiger partial charge in [-0.1, -0.05) is 12.1 Å². The Balaban J connectivity index is 1.37. The van der Waals surface area contributed by atoms with Gasteiger partial charge < -0.3 is 15.1 Å². The number of allylic oxidation sites excluding steroid dienone is 1. The maximum absolute atomic E-state index is 13.3. The van der Waals surface area contributed by atoms with Crippen LogP contribution in [0.5, 0.6) is 0 Å². The molecule has 208 valence electrons. The van der Waals surface area contributed by atoms with Gasteiger partial charge in [0.1, 0.15) is 11.2 Å². The number of likely N-dealkylation sites (N-methyl/N-ethyl adjacent to an activating group) is 1. The summed E-state index contributed by atoms with van der Waals surface area (Å²) in [5.41, 5.74) is 2.81. The van der Waals surface area contributed by atoms with Crippen molar-refractivity contribution in [3.05, 3.63) is 106 Å². The summed E-state index contributed by atoms with van der Waals surface area (Å²) in [4.78, 5) is 44.5. The van der Waals surface area contributed by atoms with Crippen LogP contribution in [0.1, 0.15) is 5.56 Å². The van der Waals surface area contributed by atoms with E-state index in [0.29, 0.717) is 28.6 Å². The Bertz CT molecular complexity index is 1850. The van der Waals surface area contributed by atoms with Crippen LogP contribution in [-0.4, -0.2) is 67.0 Å². The van der Waals surface area contributed by atoms with Crippen molar-refractivity contribution in [1.82, 2.24) is 33.8 Å². The fourth-order valence-corrected chi connectivity index (χ4v) is 4.99. The van der Waals surface area contributed by atoms with E-state index >= 15 is 0 Å². The Morgan fingerprint density at radius 1 is 0.976 bits per heavy atom. The third kappa shape index (κ3) is 5.14. The van der Waals surface area contributed by atoms with Crippen LogP contribution in [-0.2, 0) is 6.54 Å². The van der Waals surface area contributed by atoms with Gasteiger partial charge >= 0.3 is 0 Å². The number of aromatic nitrogens is 6. The number of anilines is 3. The van der Waals surface area contributed by atoms with E-state index in [1.807, 2.05) is 25.1 Å². The second kappa shape index (κ2) is 10.9. The number of rotatable bonds is 7. The van der Waals surface area contributed by atoms with Crippen molar-refractivity contribution in [3.8, 4) is 11.6 Å². The summed E-state index contributed by atoms with van der Waals surface area (Å²) in [6.45, 7) is 9.99. The van der Waals surface area contributed by atoms with Gasteiger partial charge in [-0.15, -0.1) is 6.58 Å². The van der Waals surface area contributed by atoms with Crippen LogP contribution in [0, 0.1) is 6.92 Å². The maximum Gasteiger partial charge on any atom is 0.278 e. The smallest absolute Gasteiger partial charge is 0.278 e. The van der Waals surface area contributed by atoms with Gasteiger partial charge in [-0.25, -0.2) is 19.3 Å². The zero-order chi connectivity index (χ0) is 28.5. The summed E-state index contributed by atoms with van der Waals surface area (Å²) in [5, 5.41) is 3.61. The van der Waals surface area contributed by atoms with Gasteiger partial charge in [0.25, 0.3) is 11.1 Å². The van der Waals surface area contributed by atoms with E-state index in [2.05, 4.69) is 45.9 Å². The number of pyridine rings is 2. The molecule has 1 aliphatic rings. The van der Waals surface area contributed by atoms with Crippen molar-refractivity contribution >= 4 is 28.4 Å². The third-order valence-corrected chi connectivity index (χ3v) is 7.23. The van der Waals surface area contributed by atoms with Crippen LogP contribution in [0.3, 0.4) is 0 Å². The van der Waals surface area contributed by atoms with Gasteiger partial charge in [0.2, 0.25) is 5.95 Å². The van der Waals surface area contributed by atoms with Gasteiger partial charge in [0.15, 0.2) is 11.5 Å². The number of hydrogen-bond acceptors (Lipinski definition) is 8. The van der Waals surface area contributed by atoms with Gasteiger partial charge in [0.05, 0.1) is 6.54 Å². The molecule has 1 fully saturated rings. The Morgan fingerprint density at radius 3 is 2.46 bits per heavy atom. The minimum Gasteiger partial charge on any atom is -0.369 e. The quantitative estimate of drug-likeness (QED) is 0.309. The lowest BCUT2D eigenvalue weighted by Crippen LogP contribution is -2.44. The molecule has 1 aliphatic heterocycles. The van der Waals surface area contributed by atoms with Crippen molar-refractivity contribution < 1.29 is 0 Å². The molecule has 11 nitrogen and oxygen atoms in total. The molecule has 41 heavy (non-hydrogen) atoms. The average molecular weight is 550 g/mol. The molecule has 0 unspecified atom stereocenters. The van der Waals surface area contributed by atoms with Crippen LogP contribution < -0.4 is 21.3 Å². The molecule has 5 heterocycles. The fraction of sp³-hybridized carbons (Fsp3) is 0.233. The molecule has 0 atom stereocenters. The monoisotopic (exact) mass is 549 g/mol. The first-order chi connectivity index (χ1) is 19.9. The normalized spacial score (nSPS) is 14.0. The maximum atomic E-state index is 13.3. The first-order valence-electron chi connectivity index (χ1n) is 13.5. The molecule has 1 aromatic carbocycles. The highest BCUT2D eigenvalue weighted by Crippen LogP contribution is 2.22. The van der Waals surface area contributed by atoms with Crippen molar-refractivity contribution in [2.24, 2.45) is 0 Å². The predicted molar refractivity (Wildman–Crippen MR) is 161 cm³/mol. The van der Waals surface area contributed by atoms with Crippen LogP contribution in [0.2, 0.25) is 0 Å². The van der Waals surface area contributed by atoms with Crippen molar-refractivity contribution in [2.45, 2.75) is 13.5 Å². The fourth-order valence-electron chi connectivity index (χ4n) is 4.99. The summed E-state index contributed by atoms with van der Waals surface area (Å²) in [6, 6.07) is 16.9. The molecule has 0 bridgehead atoms. The number of benzene rings is 1. The zero-order valence-electron chi connectivity index (χ0n) is 23.1. The molecule has 1 saturated heterocycles. The van der Waals surface area contributed by atoms with Crippen LogP contribution in [0.4, 0.5) is 17.3 Å². The minimum absolute atomic E-state index is 0.192. The Labute approximate surface area is 236 Å². The number of hydrogen-bond donors (Lipinski definition) is 1. The second-order valence-electron chi connectivity index (χ2n) is 10.1. The van der Waals surface area contributed by atoms with Crippen molar-refractivity contribution in [2.75, 3.05) is 43.4 Å². The lowest BCUT2D eigenvalue weighted by molar-refractivity contribution is 0.313. The SMILES string of the molecule is C=CCn1c(=O)c2cnc(Nc3ccc(N4CCN(C)CC4)cc3)nc2n1-c1cccc(-n2ccc(C)cc2=O)n1. The predicted octanol–water partition coefficient (Wildman–Crippen LogP) is 3.12. The summed E-state index contributed by atoms with van der Waals surface area (Å²) >= 11 is 0. The first kappa shape index (κ1) is 26.2. The van der Waals surface area contributed by atoms with Gasteiger partial charge in [-0.3, -0.25) is 14.2 Å². The highest BCUT2D eigenvalue weighted by molar-refractivity contribution is 5.77.